The van der Waals surface area contributed by atoms with E-state index < -0.39 is 0 Å². The largest absolute Gasteiger partial charge is 0.495 e. The summed E-state index contributed by atoms with van der Waals surface area (Å²) in [6.07, 6.45) is 0.284. The van der Waals surface area contributed by atoms with Crippen molar-refractivity contribution in [3.8, 4) is 5.75 Å². The topological polar surface area (TPSA) is 70.7 Å². The number of carbonyl (C=O) groups is 2. The van der Waals surface area contributed by atoms with Crippen molar-refractivity contribution in [3.05, 3.63) is 53.6 Å². The van der Waals surface area contributed by atoms with Gasteiger partial charge in [-0.15, -0.1) is 0 Å². The number of nitrogens with one attached hydrogen (secondary N) is 2. The van der Waals surface area contributed by atoms with Gasteiger partial charge < -0.3 is 20.3 Å². The highest BCUT2D eigenvalue weighted by molar-refractivity contribution is 5.98. The molecule has 6 heteroatoms. The maximum atomic E-state index is 12.3. The first-order chi connectivity index (χ1) is 12.5. The van der Waals surface area contributed by atoms with Crippen molar-refractivity contribution in [2.75, 3.05) is 23.9 Å². The van der Waals surface area contributed by atoms with E-state index in [2.05, 4.69) is 10.6 Å². The number of carbonyl (C=O) groups excluding carboxylic acids is 2. The lowest BCUT2D eigenvalue weighted by atomic mass is 10.2. The second-order valence-electron chi connectivity index (χ2n) is 6.54. The van der Waals surface area contributed by atoms with Crippen LogP contribution in [0.15, 0.2) is 42.5 Å². The molecule has 1 heterocycles. The summed E-state index contributed by atoms with van der Waals surface area (Å²) < 4.78 is 5.27. The number of benzene rings is 2. The van der Waals surface area contributed by atoms with Crippen LogP contribution in [0.5, 0.6) is 5.75 Å². The van der Waals surface area contributed by atoms with Gasteiger partial charge in [-0.25, -0.2) is 4.79 Å². The number of aryl methyl sites for hydroxylation is 2. The van der Waals surface area contributed by atoms with Crippen molar-refractivity contribution in [2.45, 2.75) is 26.3 Å². The number of hydrogen-bond donors (Lipinski definition) is 2. The molecule has 6 nitrogen and oxygen atoms in total. The first-order valence-corrected chi connectivity index (χ1v) is 8.55. The molecule has 2 aromatic carbocycles. The molecule has 1 saturated heterocycles. The van der Waals surface area contributed by atoms with Crippen LogP contribution in [0.1, 0.15) is 17.5 Å². The zero-order valence-corrected chi connectivity index (χ0v) is 15.2. The summed E-state index contributed by atoms with van der Waals surface area (Å²) >= 11 is 0. The molecule has 0 aromatic heterocycles. The summed E-state index contributed by atoms with van der Waals surface area (Å²) in [5.41, 5.74) is 3.61. The van der Waals surface area contributed by atoms with Gasteiger partial charge in [-0.2, -0.15) is 0 Å². The van der Waals surface area contributed by atoms with Gasteiger partial charge >= 0.3 is 6.03 Å². The maximum absolute atomic E-state index is 12.3. The summed E-state index contributed by atoms with van der Waals surface area (Å²) in [5, 5.41) is 5.67. The number of amides is 3. The van der Waals surface area contributed by atoms with Gasteiger partial charge in [0, 0.05) is 18.7 Å². The predicted octanol–water partition coefficient (Wildman–Crippen LogP) is 3.24. The minimum atomic E-state index is -0.350. The van der Waals surface area contributed by atoms with E-state index in [-0.39, 0.29) is 24.4 Å². The summed E-state index contributed by atoms with van der Waals surface area (Å²) in [4.78, 5) is 26.3. The Kier molecular flexibility index (Phi) is 5.11. The summed E-state index contributed by atoms with van der Waals surface area (Å²) in [6, 6.07) is 12.8. The second kappa shape index (κ2) is 7.47. The Labute approximate surface area is 153 Å². The standard InChI is InChI=1S/C20H23N3O3/c1-13-4-7-16(8-5-13)23-12-15(11-19(23)24)21-20(25)22-17-10-14(2)6-9-18(17)26-3/h4-10,15H,11-12H2,1-3H3,(H2,21,22,25)/t15-/m1/s1. The van der Waals surface area contributed by atoms with Crippen LogP contribution in [0.25, 0.3) is 0 Å². The van der Waals surface area contributed by atoms with Gasteiger partial charge in [0.1, 0.15) is 5.75 Å². The van der Waals surface area contributed by atoms with E-state index in [9.17, 15) is 9.59 Å². The Hall–Kier alpha value is -3.02. The molecule has 1 aliphatic rings. The molecule has 3 amide bonds. The lowest BCUT2D eigenvalue weighted by Gasteiger charge is -2.18. The van der Waals surface area contributed by atoms with E-state index >= 15 is 0 Å². The van der Waals surface area contributed by atoms with Gasteiger partial charge in [0.15, 0.2) is 0 Å². The average molecular weight is 353 g/mol. The van der Waals surface area contributed by atoms with Crippen LogP contribution in [-0.2, 0) is 4.79 Å². The number of methoxy groups -OCH3 is 1. The highest BCUT2D eigenvalue weighted by atomic mass is 16.5. The van der Waals surface area contributed by atoms with Crippen LogP contribution >= 0.6 is 0 Å². The minimum absolute atomic E-state index is 0.00675. The molecular formula is C20H23N3O3. The summed E-state index contributed by atoms with van der Waals surface area (Å²) in [7, 11) is 1.56. The summed E-state index contributed by atoms with van der Waals surface area (Å²) in [5.74, 6) is 0.599. The smallest absolute Gasteiger partial charge is 0.319 e. The van der Waals surface area contributed by atoms with Crippen LogP contribution in [0.3, 0.4) is 0 Å². The molecule has 1 fully saturated rings. The van der Waals surface area contributed by atoms with E-state index in [1.165, 1.54) is 0 Å². The fraction of sp³-hybridized carbons (Fsp3) is 0.300. The molecule has 136 valence electrons. The zero-order valence-electron chi connectivity index (χ0n) is 15.2. The van der Waals surface area contributed by atoms with Gasteiger partial charge in [-0.05, 0) is 43.7 Å². The molecule has 2 aromatic rings. The molecule has 1 atom stereocenters. The molecule has 0 unspecified atom stereocenters. The van der Waals surface area contributed by atoms with Gasteiger partial charge in [-0.1, -0.05) is 23.8 Å². The van der Waals surface area contributed by atoms with E-state index in [1.54, 1.807) is 12.0 Å². The number of hydrogen-bond acceptors (Lipinski definition) is 3. The number of ether oxygens (including phenoxy) is 1. The highest BCUT2D eigenvalue weighted by Crippen LogP contribution is 2.25. The highest BCUT2D eigenvalue weighted by Gasteiger charge is 2.31. The monoisotopic (exact) mass is 353 g/mol. The Bertz CT molecular complexity index is 818. The molecule has 2 N–H and O–H groups in total. The first-order valence-electron chi connectivity index (χ1n) is 8.55. The minimum Gasteiger partial charge on any atom is -0.495 e. The molecular weight excluding hydrogens is 330 g/mol. The van der Waals surface area contributed by atoms with Crippen molar-refractivity contribution in [2.24, 2.45) is 0 Å². The number of anilines is 2. The van der Waals surface area contributed by atoms with Gasteiger partial charge in [0.05, 0.1) is 18.8 Å². The van der Waals surface area contributed by atoms with E-state index in [0.717, 1.165) is 16.8 Å². The maximum Gasteiger partial charge on any atom is 0.319 e. The van der Waals surface area contributed by atoms with Crippen LogP contribution < -0.4 is 20.3 Å². The Balaban J connectivity index is 1.63. The molecule has 0 aliphatic carbocycles. The van der Waals surface area contributed by atoms with Crippen molar-refractivity contribution < 1.29 is 14.3 Å². The number of nitrogens with zero attached hydrogens (tertiary/aromatic N) is 1. The van der Waals surface area contributed by atoms with Crippen LogP contribution in [0.2, 0.25) is 0 Å². The lowest BCUT2D eigenvalue weighted by Crippen LogP contribution is -2.39. The summed E-state index contributed by atoms with van der Waals surface area (Å²) in [6.45, 7) is 4.40. The zero-order chi connectivity index (χ0) is 18.7. The number of urea groups is 1. The fourth-order valence-corrected chi connectivity index (χ4v) is 3.04. The lowest BCUT2D eigenvalue weighted by molar-refractivity contribution is -0.117. The van der Waals surface area contributed by atoms with Gasteiger partial charge in [0.25, 0.3) is 0 Å². The fourth-order valence-electron chi connectivity index (χ4n) is 3.04. The van der Waals surface area contributed by atoms with Crippen molar-refractivity contribution in [3.63, 3.8) is 0 Å². The van der Waals surface area contributed by atoms with E-state index in [1.807, 2.05) is 56.3 Å². The molecule has 0 bridgehead atoms. The number of rotatable bonds is 4. The molecule has 1 aliphatic heterocycles. The van der Waals surface area contributed by atoms with Gasteiger partial charge in [-0.3, -0.25) is 4.79 Å². The molecule has 0 radical (unpaired) electrons. The third-order valence-electron chi connectivity index (χ3n) is 4.41. The Morgan fingerprint density at radius 1 is 1.12 bits per heavy atom. The van der Waals surface area contributed by atoms with Crippen LogP contribution in [-0.4, -0.2) is 31.6 Å². The van der Waals surface area contributed by atoms with Crippen molar-refractivity contribution >= 4 is 23.3 Å². The predicted molar refractivity (Wildman–Crippen MR) is 102 cm³/mol. The average Bonchev–Trinajstić information content (AvgIpc) is 2.96. The Morgan fingerprint density at radius 2 is 1.81 bits per heavy atom. The van der Waals surface area contributed by atoms with Gasteiger partial charge in [0.2, 0.25) is 5.91 Å². The molecule has 26 heavy (non-hydrogen) atoms. The van der Waals surface area contributed by atoms with E-state index in [0.29, 0.717) is 18.0 Å². The van der Waals surface area contributed by atoms with Crippen molar-refractivity contribution in [1.82, 2.24) is 5.32 Å². The van der Waals surface area contributed by atoms with Crippen LogP contribution in [0, 0.1) is 13.8 Å². The first kappa shape index (κ1) is 17.8. The third-order valence-corrected chi connectivity index (χ3v) is 4.41. The quantitative estimate of drug-likeness (QED) is 0.886. The molecule has 0 spiro atoms. The normalized spacial score (nSPS) is 16.5. The van der Waals surface area contributed by atoms with E-state index in [4.69, 9.17) is 4.74 Å². The van der Waals surface area contributed by atoms with Crippen molar-refractivity contribution in [1.29, 1.82) is 0 Å². The molecule has 0 saturated carbocycles. The Morgan fingerprint density at radius 3 is 2.50 bits per heavy atom. The molecule has 3 rings (SSSR count). The second-order valence-corrected chi connectivity index (χ2v) is 6.54. The van der Waals surface area contributed by atoms with Crippen LogP contribution in [0.4, 0.5) is 16.2 Å². The SMILES string of the molecule is COc1ccc(C)cc1NC(=O)N[C@@H]1CC(=O)N(c2ccc(C)cc2)C1. The third kappa shape index (κ3) is 3.96.